The number of furan rings is 1. The second kappa shape index (κ2) is 8.36. The summed E-state index contributed by atoms with van der Waals surface area (Å²) in [5.74, 6) is 1.14. The number of hydrogen-bond acceptors (Lipinski definition) is 6. The highest BCUT2D eigenvalue weighted by atomic mass is 32.1. The van der Waals surface area contributed by atoms with Crippen molar-refractivity contribution in [2.45, 2.75) is 12.1 Å². The van der Waals surface area contributed by atoms with E-state index in [1.165, 1.54) is 12.1 Å². The summed E-state index contributed by atoms with van der Waals surface area (Å²) in [7, 11) is 0. The molecular weight excluding hydrogens is 440 g/mol. The number of nitrogens with zero attached hydrogens (tertiary/aromatic N) is 3. The van der Waals surface area contributed by atoms with Crippen molar-refractivity contribution in [2.75, 3.05) is 4.90 Å². The molecule has 4 aromatic rings. The van der Waals surface area contributed by atoms with Crippen LogP contribution in [0.2, 0.25) is 0 Å². The van der Waals surface area contributed by atoms with Gasteiger partial charge < -0.3 is 19.7 Å². The van der Waals surface area contributed by atoms with Gasteiger partial charge in [-0.05, 0) is 48.6 Å². The molecule has 2 atom stereocenters. The maximum Gasteiger partial charge on any atom is 0.270 e. The molecule has 5 rings (SSSR count). The number of aromatic hydroxyl groups is 1. The third-order valence-corrected chi connectivity index (χ3v) is 5.81. The molecule has 0 amide bonds. The van der Waals surface area contributed by atoms with Crippen LogP contribution in [-0.2, 0) is 0 Å². The first-order valence-electron chi connectivity index (χ1n) is 10.2. The summed E-state index contributed by atoms with van der Waals surface area (Å²) >= 11 is 5.64. The highest BCUT2D eigenvalue weighted by Crippen LogP contribution is 2.45. The Bertz CT molecular complexity index is 1340. The molecule has 1 saturated heterocycles. The summed E-state index contributed by atoms with van der Waals surface area (Å²) < 4.78 is 6.21. The van der Waals surface area contributed by atoms with Crippen LogP contribution < -0.4 is 10.2 Å². The summed E-state index contributed by atoms with van der Waals surface area (Å²) in [5, 5.41) is 25.4. The van der Waals surface area contributed by atoms with Crippen LogP contribution >= 0.6 is 12.2 Å². The molecule has 1 aliphatic heterocycles. The molecule has 0 spiro atoms. The Labute approximate surface area is 194 Å². The first-order chi connectivity index (χ1) is 16.0. The minimum atomic E-state index is -0.451. The summed E-state index contributed by atoms with van der Waals surface area (Å²) in [4.78, 5) is 17.0. The highest BCUT2D eigenvalue weighted by Gasteiger charge is 2.43. The third-order valence-electron chi connectivity index (χ3n) is 5.50. The molecule has 1 fully saturated rings. The number of phenols is 1. The Hall–Kier alpha value is -4.24. The van der Waals surface area contributed by atoms with E-state index in [0.717, 1.165) is 5.69 Å². The molecule has 3 heterocycles. The SMILES string of the molecule is O=[N+]([O-])c1cccc(-c2ccc([C@H]3[C@H](c4ccccn4)NC(=S)N3c3ccccc3O)o2)c1. The lowest BCUT2D eigenvalue weighted by Gasteiger charge is -2.26. The van der Waals surface area contributed by atoms with Crippen molar-refractivity contribution in [1.29, 1.82) is 0 Å². The van der Waals surface area contributed by atoms with E-state index in [2.05, 4.69) is 10.3 Å². The molecule has 0 aliphatic carbocycles. The minimum Gasteiger partial charge on any atom is -0.506 e. The fourth-order valence-electron chi connectivity index (χ4n) is 4.01. The van der Waals surface area contributed by atoms with Gasteiger partial charge >= 0.3 is 0 Å². The van der Waals surface area contributed by atoms with Crippen LogP contribution in [-0.4, -0.2) is 20.1 Å². The van der Waals surface area contributed by atoms with E-state index in [1.807, 2.05) is 30.3 Å². The fraction of sp³-hybridized carbons (Fsp3) is 0.0833. The van der Waals surface area contributed by atoms with Gasteiger partial charge in [0.15, 0.2) is 5.11 Å². The number of rotatable bonds is 5. The largest absolute Gasteiger partial charge is 0.506 e. The van der Waals surface area contributed by atoms with Crippen molar-refractivity contribution in [3.8, 4) is 17.1 Å². The lowest BCUT2D eigenvalue weighted by molar-refractivity contribution is -0.384. The second-order valence-corrected chi connectivity index (χ2v) is 7.88. The van der Waals surface area contributed by atoms with Gasteiger partial charge in [0.25, 0.3) is 5.69 Å². The van der Waals surface area contributed by atoms with Crippen molar-refractivity contribution in [1.82, 2.24) is 10.3 Å². The van der Waals surface area contributed by atoms with Crippen LogP contribution in [0, 0.1) is 10.1 Å². The Morgan fingerprint density at radius 2 is 1.88 bits per heavy atom. The summed E-state index contributed by atoms with van der Waals surface area (Å²) in [6, 6.07) is 21.6. The number of nitrogens with one attached hydrogen (secondary N) is 1. The number of phenolic OH excluding ortho intramolecular Hbond substituents is 1. The summed E-state index contributed by atoms with van der Waals surface area (Å²) in [5.41, 5.74) is 1.87. The Morgan fingerprint density at radius 3 is 2.64 bits per heavy atom. The number of thiocarbonyl (C=S) groups is 1. The van der Waals surface area contributed by atoms with Crippen LogP contribution in [0.3, 0.4) is 0 Å². The molecule has 2 N–H and O–H groups in total. The van der Waals surface area contributed by atoms with E-state index in [4.69, 9.17) is 16.6 Å². The third kappa shape index (κ3) is 3.79. The van der Waals surface area contributed by atoms with Gasteiger partial charge in [-0.1, -0.05) is 30.3 Å². The maximum atomic E-state index is 11.2. The standard InChI is InChI=1S/C24H18N4O4S/c29-19-10-2-1-9-18(19)27-23(22(26-24(27)33)17-8-3-4-13-25-17)21-12-11-20(32-21)15-6-5-7-16(14-15)28(30)31/h1-14,22-23,29H,(H,26,33)/t22-,23-/m0/s1. The van der Waals surface area contributed by atoms with E-state index in [0.29, 0.717) is 27.9 Å². The summed E-state index contributed by atoms with van der Waals surface area (Å²) in [6.45, 7) is 0. The number of para-hydroxylation sites is 2. The predicted molar refractivity (Wildman–Crippen MR) is 127 cm³/mol. The minimum absolute atomic E-state index is 0.0173. The van der Waals surface area contributed by atoms with Crippen molar-refractivity contribution < 1.29 is 14.4 Å². The average Bonchev–Trinajstić information content (AvgIpc) is 3.45. The Kier molecular flexibility index (Phi) is 5.23. The predicted octanol–water partition coefficient (Wildman–Crippen LogP) is 5.13. The number of benzene rings is 2. The van der Waals surface area contributed by atoms with Gasteiger partial charge in [-0.2, -0.15) is 0 Å². The molecular formula is C24H18N4O4S. The Balaban J connectivity index is 1.60. The average molecular weight is 458 g/mol. The van der Waals surface area contributed by atoms with E-state index in [-0.39, 0.29) is 17.5 Å². The molecule has 2 aromatic heterocycles. The van der Waals surface area contributed by atoms with Gasteiger partial charge in [-0.15, -0.1) is 0 Å². The molecule has 8 nitrogen and oxygen atoms in total. The molecule has 9 heteroatoms. The normalized spacial score (nSPS) is 17.7. The quantitative estimate of drug-likeness (QED) is 0.241. The van der Waals surface area contributed by atoms with Gasteiger partial charge in [0, 0.05) is 23.9 Å². The molecule has 33 heavy (non-hydrogen) atoms. The molecule has 2 aromatic carbocycles. The zero-order valence-electron chi connectivity index (χ0n) is 17.2. The molecule has 164 valence electrons. The van der Waals surface area contributed by atoms with Crippen molar-refractivity contribution >= 4 is 28.7 Å². The van der Waals surface area contributed by atoms with Crippen LogP contribution in [0.1, 0.15) is 23.5 Å². The fourth-order valence-corrected chi connectivity index (χ4v) is 4.35. The molecule has 0 radical (unpaired) electrons. The molecule has 0 bridgehead atoms. The van der Waals surface area contributed by atoms with Gasteiger partial charge in [0.2, 0.25) is 0 Å². The number of pyridine rings is 1. The van der Waals surface area contributed by atoms with E-state index in [9.17, 15) is 15.2 Å². The van der Waals surface area contributed by atoms with Crippen molar-refractivity contribution in [3.63, 3.8) is 0 Å². The number of nitro benzene ring substituents is 1. The number of nitro groups is 1. The molecule has 0 saturated carbocycles. The van der Waals surface area contributed by atoms with Crippen LogP contribution in [0.15, 0.2) is 89.5 Å². The highest BCUT2D eigenvalue weighted by molar-refractivity contribution is 7.80. The maximum absolute atomic E-state index is 11.2. The van der Waals surface area contributed by atoms with Gasteiger partial charge in [-0.25, -0.2) is 0 Å². The van der Waals surface area contributed by atoms with Crippen LogP contribution in [0.4, 0.5) is 11.4 Å². The van der Waals surface area contributed by atoms with Gasteiger partial charge in [0.05, 0.1) is 22.3 Å². The topological polar surface area (TPSA) is 105 Å². The zero-order valence-corrected chi connectivity index (χ0v) is 18.0. The Morgan fingerprint density at radius 1 is 1.06 bits per heavy atom. The van der Waals surface area contributed by atoms with Crippen molar-refractivity contribution in [2.24, 2.45) is 0 Å². The first kappa shape index (κ1) is 20.7. The number of aromatic nitrogens is 1. The first-order valence-corrected chi connectivity index (χ1v) is 10.6. The second-order valence-electron chi connectivity index (χ2n) is 7.49. The lowest BCUT2D eigenvalue weighted by atomic mass is 10.0. The number of hydrogen-bond donors (Lipinski definition) is 2. The van der Waals surface area contributed by atoms with E-state index in [1.54, 1.807) is 47.5 Å². The monoisotopic (exact) mass is 458 g/mol. The summed E-state index contributed by atoms with van der Waals surface area (Å²) in [6.07, 6.45) is 1.70. The zero-order chi connectivity index (χ0) is 22.9. The van der Waals surface area contributed by atoms with E-state index >= 15 is 0 Å². The lowest BCUT2D eigenvalue weighted by Crippen LogP contribution is -2.29. The number of non-ortho nitro benzene ring substituents is 1. The van der Waals surface area contributed by atoms with Gasteiger partial charge in [0.1, 0.15) is 23.3 Å². The van der Waals surface area contributed by atoms with E-state index < -0.39 is 11.0 Å². The van der Waals surface area contributed by atoms with Gasteiger partial charge in [-0.3, -0.25) is 15.1 Å². The number of anilines is 1. The van der Waals surface area contributed by atoms with Crippen LogP contribution in [0.25, 0.3) is 11.3 Å². The smallest absolute Gasteiger partial charge is 0.270 e. The molecule has 0 unspecified atom stereocenters. The van der Waals surface area contributed by atoms with Crippen molar-refractivity contribution in [3.05, 3.63) is 107 Å². The van der Waals surface area contributed by atoms with Crippen LogP contribution in [0.5, 0.6) is 5.75 Å². The molecule has 1 aliphatic rings.